The van der Waals surface area contributed by atoms with E-state index in [0.717, 1.165) is 23.0 Å². The summed E-state index contributed by atoms with van der Waals surface area (Å²) < 4.78 is 27.3. The van der Waals surface area contributed by atoms with E-state index < -0.39 is 11.6 Å². The van der Waals surface area contributed by atoms with Gasteiger partial charge in [-0.3, -0.25) is 4.79 Å². The van der Waals surface area contributed by atoms with Gasteiger partial charge < -0.3 is 0 Å². The molecule has 3 rings (SSSR count). The lowest BCUT2D eigenvalue weighted by Crippen LogP contribution is -2.17. The first-order chi connectivity index (χ1) is 10.1. The number of halogens is 2. The minimum atomic E-state index is -0.749. The predicted molar refractivity (Wildman–Crippen MR) is 75.4 cm³/mol. The molecule has 0 aliphatic rings. The van der Waals surface area contributed by atoms with Crippen LogP contribution in [0.2, 0.25) is 0 Å². The van der Waals surface area contributed by atoms with Crippen molar-refractivity contribution >= 4 is 17.1 Å². The van der Waals surface area contributed by atoms with E-state index in [1.165, 1.54) is 12.4 Å². The van der Waals surface area contributed by atoms with Crippen molar-refractivity contribution in [3.8, 4) is 0 Å². The Balaban J connectivity index is 2.03. The third-order valence-corrected chi connectivity index (χ3v) is 2.93. The lowest BCUT2D eigenvalue weighted by atomic mass is 10.2. The summed E-state index contributed by atoms with van der Waals surface area (Å²) in [6, 6.07) is 9.96. The van der Waals surface area contributed by atoms with Crippen molar-refractivity contribution in [1.29, 1.82) is 0 Å². The smallest absolute Gasteiger partial charge is 0.267 e. The van der Waals surface area contributed by atoms with Crippen LogP contribution in [-0.4, -0.2) is 15.9 Å². The summed E-state index contributed by atoms with van der Waals surface area (Å²) in [4.78, 5) is 16.2. The van der Waals surface area contributed by atoms with Crippen molar-refractivity contribution in [1.82, 2.24) is 9.66 Å². The molecule has 0 saturated carbocycles. The maximum atomic E-state index is 13.5. The zero-order valence-corrected chi connectivity index (χ0v) is 10.7. The minimum Gasteiger partial charge on any atom is -0.267 e. The van der Waals surface area contributed by atoms with Crippen LogP contribution in [0.3, 0.4) is 0 Å². The van der Waals surface area contributed by atoms with E-state index in [1.807, 2.05) is 0 Å². The van der Waals surface area contributed by atoms with E-state index in [9.17, 15) is 13.6 Å². The molecule has 0 N–H and O–H groups in total. The summed E-state index contributed by atoms with van der Waals surface area (Å²) in [5.74, 6) is -1.42. The van der Waals surface area contributed by atoms with Gasteiger partial charge in [-0.15, -0.1) is 0 Å². The first-order valence-electron chi connectivity index (χ1n) is 6.11. The van der Waals surface area contributed by atoms with E-state index >= 15 is 0 Å². The van der Waals surface area contributed by atoms with Crippen molar-refractivity contribution in [2.45, 2.75) is 0 Å². The van der Waals surface area contributed by atoms with Gasteiger partial charge in [0.1, 0.15) is 18.0 Å². The summed E-state index contributed by atoms with van der Waals surface area (Å²) >= 11 is 0. The Labute approximate surface area is 118 Å². The van der Waals surface area contributed by atoms with Gasteiger partial charge >= 0.3 is 0 Å². The van der Waals surface area contributed by atoms with Crippen LogP contribution in [0, 0.1) is 11.6 Å². The summed E-state index contributed by atoms with van der Waals surface area (Å²) in [5, 5.41) is 4.28. The largest absolute Gasteiger partial charge is 0.281 e. The van der Waals surface area contributed by atoms with Crippen LogP contribution >= 0.6 is 0 Å². The minimum absolute atomic E-state index is 0.0801. The summed E-state index contributed by atoms with van der Waals surface area (Å²) in [5.41, 5.74) is 0.276. The van der Waals surface area contributed by atoms with E-state index in [4.69, 9.17) is 0 Å². The van der Waals surface area contributed by atoms with E-state index in [0.29, 0.717) is 10.9 Å². The van der Waals surface area contributed by atoms with Gasteiger partial charge in [0, 0.05) is 11.6 Å². The summed E-state index contributed by atoms with van der Waals surface area (Å²) in [6.45, 7) is 0. The van der Waals surface area contributed by atoms with Gasteiger partial charge in [0.2, 0.25) is 0 Å². The van der Waals surface area contributed by atoms with Crippen LogP contribution in [0.5, 0.6) is 0 Å². The number of fused-ring (bicyclic) bond motifs is 1. The van der Waals surface area contributed by atoms with Crippen LogP contribution < -0.4 is 5.56 Å². The fourth-order valence-corrected chi connectivity index (χ4v) is 1.87. The molecule has 0 spiro atoms. The molecular formula is C15H9F2N3O. The van der Waals surface area contributed by atoms with Crippen molar-refractivity contribution in [2.24, 2.45) is 5.10 Å². The molecule has 4 nitrogen and oxygen atoms in total. The molecule has 0 unspecified atom stereocenters. The Kier molecular flexibility index (Phi) is 3.27. The Morgan fingerprint density at radius 3 is 2.76 bits per heavy atom. The van der Waals surface area contributed by atoms with Gasteiger partial charge in [-0.05, 0) is 24.3 Å². The third kappa shape index (κ3) is 2.55. The van der Waals surface area contributed by atoms with Gasteiger partial charge in [0.15, 0.2) is 0 Å². The number of benzene rings is 2. The van der Waals surface area contributed by atoms with Crippen LogP contribution in [-0.2, 0) is 0 Å². The van der Waals surface area contributed by atoms with Crippen LogP contribution in [0.25, 0.3) is 10.9 Å². The van der Waals surface area contributed by atoms with Crippen LogP contribution in [0.1, 0.15) is 5.56 Å². The topological polar surface area (TPSA) is 47.2 Å². The molecule has 0 radical (unpaired) electrons. The molecule has 0 fully saturated rings. The number of aromatic nitrogens is 2. The molecule has 21 heavy (non-hydrogen) atoms. The van der Waals surface area contributed by atoms with Gasteiger partial charge in [0.05, 0.1) is 17.1 Å². The Bertz CT molecular complexity index is 903. The Hall–Kier alpha value is -2.89. The molecule has 104 valence electrons. The van der Waals surface area contributed by atoms with Crippen LogP contribution in [0.15, 0.2) is 58.7 Å². The molecule has 3 aromatic rings. The van der Waals surface area contributed by atoms with Gasteiger partial charge in [-0.2, -0.15) is 9.78 Å². The molecular weight excluding hydrogens is 276 g/mol. The zero-order chi connectivity index (χ0) is 14.8. The zero-order valence-electron chi connectivity index (χ0n) is 10.7. The normalized spacial score (nSPS) is 11.3. The summed E-state index contributed by atoms with van der Waals surface area (Å²) in [7, 11) is 0. The highest BCUT2D eigenvalue weighted by molar-refractivity contribution is 5.80. The lowest BCUT2D eigenvalue weighted by molar-refractivity contribution is 0.582. The molecule has 0 aliphatic carbocycles. The van der Waals surface area contributed by atoms with Gasteiger partial charge in [-0.25, -0.2) is 13.8 Å². The van der Waals surface area contributed by atoms with E-state index in [2.05, 4.69) is 10.1 Å². The highest BCUT2D eigenvalue weighted by Crippen LogP contribution is 2.08. The van der Waals surface area contributed by atoms with Crippen molar-refractivity contribution in [3.05, 3.63) is 76.3 Å². The third-order valence-electron chi connectivity index (χ3n) is 2.93. The second kappa shape index (κ2) is 5.24. The molecule has 2 aromatic carbocycles. The summed E-state index contributed by atoms with van der Waals surface area (Å²) in [6.07, 6.45) is 2.40. The molecule has 0 bridgehead atoms. The molecule has 0 aliphatic heterocycles. The predicted octanol–water partition coefficient (Wildman–Crippen LogP) is 2.56. The van der Waals surface area contributed by atoms with Gasteiger partial charge in [-0.1, -0.05) is 12.1 Å². The molecule has 1 heterocycles. The van der Waals surface area contributed by atoms with E-state index in [1.54, 1.807) is 24.3 Å². The first kappa shape index (κ1) is 13.1. The average Bonchev–Trinajstić information content (AvgIpc) is 2.48. The van der Waals surface area contributed by atoms with Crippen molar-refractivity contribution < 1.29 is 8.78 Å². The number of para-hydroxylation sites is 1. The standard InChI is InChI=1S/C15H9F2N3O/c16-11-6-5-10(13(17)7-11)8-19-20-9-18-14-4-2-1-3-12(14)15(20)21/h1-9H/b19-8+. The maximum Gasteiger partial charge on any atom is 0.281 e. The van der Waals surface area contributed by atoms with Crippen LogP contribution in [0.4, 0.5) is 8.78 Å². The lowest BCUT2D eigenvalue weighted by Gasteiger charge is -2.00. The first-order valence-corrected chi connectivity index (χ1v) is 6.11. The highest BCUT2D eigenvalue weighted by Gasteiger charge is 2.03. The van der Waals surface area contributed by atoms with Crippen molar-refractivity contribution in [3.63, 3.8) is 0 Å². The fourth-order valence-electron chi connectivity index (χ4n) is 1.87. The average molecular weight is 285 g/mol. The number of hydrogen-bond donors (Lipinski definition) is 0. The monoisotopic (exact) mass is 285 g/mol. The Morgan fingerprint density at radius 2 is 1.95 bits per heavy atom. The molecule has 0 atom stereocenters. The second-order valence-corrected chi connectivity index (χ2v) is 4.32. The van der Waals surface area contributed by atoms with E-state index in [-0.39, 0.29) is 11.1 Å². The fraction of sp³-hybridized carbons (Fsp3) is 0. The van der Waals surface area contributed by atoms with Gasteiger partial charge in [0.25, 0.3) is 5.56 Å². The van der Waals surface area contributed by atoms with Crippen molar-refractivity contribution in [2.75, 3.05) is 0 Å². The molecule has 6 heteroatoms. The molecule has 0 amide bonds. The SMILES string of the molecule is O=c1c2ccccc2ncn1/N=C/c1ccc(F)cc1F. The second-order valence-electron chi connectivity index (χ2n) is 4.32. The molecule has 1 aromatic heterocycles. The maximum absolute atomic E-state index is 13.5. The Morgan fingerprint density at radius 1 is 1.14 bits per heavy atom. The molecule has 0 saturated heterocycles. The quantitative estimate of drug-likeness (QED) is 0.679. The highest BCUT2D eigenvalue weighted by atomic mass is 19.1. The number of hydrogen-bond acceptors (Lipinski definition) is 3. The number of nitrogens with zero attached hydrogens (tertiary/aromatic N) is 3. The number of rotatable bonds is 2.